The fourth-order valence-corrected chi connectivity index (χ4v) is 4.85. The number of rotatable bonds is 3. The Bertz CT molecular complexity index is 612. The van der Waals surface area contributed by atoms with Crippen LogP contribution in [-0.4, -0.2) is 32.8 Å². The maximum absolute atomic E-state index is 4.86. The normalized spacial score (nSPS) is 22.6. The first-order valence-corrected chi connectivity index (χ1v) is 9.28. The molecular weight excluding hydrogens is 348 g/mol. The van der Waals surface area contributed by atoms with E-state index in [4.69, 9.17) is 4.98 Å². The third-order valence-corrected chi connectivity index (χ3v) is 5.99. The molecule has 1 fully saturated rings. The Morgan fingerprint density at radius 1 is 1.33 bits per heavy atom. The van der Waals surface area contributed by atoms with Crippen LogP contribution in [-0.2, 0) is 19.4 Å². The van der Waals surface area contributed by atoms with Crippen molar-refractivity contribution in [1.29, 1.82) is 0 Å². The van der Waals surface area contributed by atoms with E-state index in [9.17, 15) is 0 Å². The molecule has 0 aromatic carbocycles. The van der Waals surface area contributed by atoms with E-state index >= 15 is 0 Å². The van der Waals surface area contributed by atoms with Crippen LogP contribution >= 0.6 is 27.3 Å². The van der Waals surface area contributed by atoms with Gasteiger partial charge in [0.05, 0.1) is 29.0 Å². The van der Waals surface area contributed by atoms with Crippen LogP contribution in [0.25, 0.3) is 0 Å². The summed E-state index contributed by atoms with van der Waals surface area (Å²) >= 11 is 5.42. The molecule has 4 rings (SSSR count). The van der Waals surface area contributed by atoms with E-state index in [1.54, 1.807) is 4.88 Å². The van der Waals surface area contributed by atoms with Gasteiger partial charge >= 0.3 is 0 Å². The molecule has 4 nitrogen and oxygen atoms in total. The first-order valence-electron chi connectivity index (χ1n) is 7.67. The van der Waals surface area contributed by atoms with E-state index in [0.717, 1.165) is 24.1 Å². The molecule has 3 heterocycles. The fraction of sp³-hybridized carbons (Fsp3) is 0.600. The molecule has 0 spiro atoms. The standard InChI is InChI=1S/C15H19BrN4S/c16-11-7-17-20(8-11)12-5-6-19(9-12)10-15-18-13-3-1-2-4-14(13)21-15/h7-8,12H,1-6,9-10H2. The van der Waals surface area contributed by atoms with Crippen molar-refractivity contribution in [2.75, 3.05) is 13.1 Å². The Kier molecular flexibility index (Phi) is 3.85. The average Bonchev–Trinajstić information content (AvgIpc) is 3.17. The Balaban J connectivity index is 1.41. The third kappa shape index (κ3) is 2.94. The quantitative estimate of drug-likeness (QED) is 0.834. The minimum Gasteiger partial charge on any atom is -0.294 e. The van der Waals surface area contributed by atoms with Crippen molar-refractivity contribution in [3.05, 3.63) is 32.4 Å². The highest BCUT2D eigenvalue weighted by atomic mass is 79.9. The molecule has 0 amide bonds. The first-order chi connectivity index (χ1) is 10.3. The second-order valence-electron chi connectivity index (χ2n) is 6.00. The number of hydrogen-bond acceptors (Lipinski definition) is 4. The second-order valence-corrected chi connectivity index (χ2v) is 8.08. The molecule has 21 heavy (non-hydrogen) atoms. The molecule has 2 aromatic heterocycles. The molecule has 1 unspecified atom stereocenters. The summed E-state index contributed by atoms with van der Waals surface area (Å²) in [5.74, 6) is 0. The summed E-state index contributed by atoms with van der Waals surface area (Å²) in [6, 6.07) is 0.505. The molecule has 0 bridgehead atoms. The van der Waals surface area contributed by atoms with Gasteiger partial charge in [0.15, 0.2) is 0 Å². The Hall–Kier alpha value is -0.720. The molecule has 1 aliphatic carbocycles. The summed E-state index contributed by atoms with van der Waals surface area (Å²) < 4.78 is 3.16. The van der Waals surface area contributed by atoms with Crippen LogP contribution < -0.4 is 0 Å². The Labute approximate surface area is 137 Å². The lowest BCUT2D eigenvalue weighted by atomic mass is 10.0. The van der Waals surface area contributed by atoms with Crippen molar-refractivity contribution in [3.63, 3.8) is 0 Å². The lowest BCUT2D eigenvalue weighted by Crippen LogP contribution is -2.21. The van der Waals surface area contributed by atoms with E-state index in [0.29, 0.717) is 6.04 Å². The van der Waals surface area contributed by atoms with Crippen LogP contribution in [0.2, 0.25) is 0 Å². The molecule has 2 aliphatic rings. The Morgan fingerprint density at radius 2 is 2.24 bits per heavy atom. The molecule has 6 heteroatoms. The van der Waals surface area contributed by atoms with E-state index in [1.807, 2.05) is 17.5 Å². The van der Waals surface area contributed by atoms with E-state index in [-0.39, 0.29) is 0 Å². The predicted molar refractivity (Wildman–Crippen MR) is 87.6 cm³/mol. The predicted octanol–water partition coefficient (Wildman–Crippen LogP) is 3.43. The monoisotopic (exact) mass is 366 g/mol. The Morgan fingerprint density at radius 3 is 3.05 bits per heavy atom. The van der Waals surface area contributed by atoms with Gasteiger partial charge in [0.1, 0.15) is 5.01 Å². The highest BCUT2D eigenvalue weighted by molar-refractivity contribution is 9.10. The van der Waals surface area contributed by atoms with Crippen LogP contribution in [0.15, 0.2) is 16.9 Å². The van der Waals surface area contributed by atoms with Crippen LogP contribution in [0.5, 0.6) is 0 Å². The third-order valence-electron chi connectivity index (χ3n) is 4.44. The van der Waals surface area contributed by atoms with Gasteiger partial charge < -0.3 is 0 Å². The van der Waals surface area contributed by atoms with Crippen LogP contribution in [0.3, 0.4) is 0 Å². The fourth-order valence-electron chi connectivity index (χ4n) is 3.35. The lowest BCUT2D eigenvalue weighted by Gasteiger charge is -2.14. The number of likely N-dealkylation sites (tertiary alicyclic amines) is 1. The smallest absolute Gasteiger partial charge is 0.107 e. The number of halogens is 1. The molecule has 0 radical (unpaired) electrons. The number of hydrogen-bond donors (Lipinski definition) is 0. The van der Waals surface area contributed by atoms with Crippen molar-refractivity contribution in [2.24, 2.45) is 0 Å². The largest absolute Gasteiger partial charge is 0.294 e. The van der Waals surface area contributed by atoms with Crippen molar-refractivity contribution in [1.82, 2.24) is 19.7 Å². The van der Waals surface area contributed by atoms with E-state index < -0.39 is 0 Å². The summed E-state index contributed by atoms with van der Waals surface area (Å²) in [6.45, 7) is 3.24. The zero-order valence-electron chi connectivity index (χ0n) is 12.0. The van der Waals surface area contributed by atoms with Crippen molar-refractivity contribution in [2.45, 2.75) is 44.7 Å². The zero-order chi connectivity index (χ0) is 14.2. The summed E-state index contributed by atoms with van der Waals surface area (Å²) in [6.07, 6.45) is 10.2. The molecule has 0 N–H and O–H groups in total. The number of aromatic nitrogens is 3. The number of fused-ring (bicyclic) bond motifs is 1. The van der Waals surface area contributed by atoms with Gasteiger partial charge in [-0.3, -0.25) is 9.58 Å². The van der Waals surface area contributed by atoms with Crippen molar-refractivity contribution < 1.29 is 0 Å². The van der Waals surface area contributed by atoms with Gasteiger partial charge in [0.25, 0.3) is 0 Å². The molecule has 1 aliphatic heterocycles. The summed E-state index contributed by atoms with van der Waals surface area (Å²) in [4.78, 5) is 8.93. The maximum atomic E-state index is 4.86. The van der Waals surface area contributed by atoms with Gasteiger partial charge in [0, 0.05) is 24.2 Å². The topological polar surface area (TPSA) is 34.0 Å². The van der Waals surface area contributed by atoms with Gasteiger partial charge in [-0.1, -0.05) is 0 Å². The molecule has 1 saturated heterocycles. The maximum Gasteiger partial charge on any atom is 0.107 e. The van der Waals surface area contributed by atoms with E-state index in [1.165, 1.54) is 42.8 Å². The van der Waals surface area contributed by atoms with Gasteiger partial charge in [-0.15, -0.1) is 11.3 Å². The average molecular weight is 367 g/mol. The highest BCUT2D eigenvalue weighted by Gasteiger charge is 2.25. The van der Waals surface area contributed by atoms with E-state index in [2.05, 4.69) is 36.8 Å². The first kappa shape index (κ1) is 13.9. The summed E-state index contributed by atoms with van der Waals surface area (Å²) in [5.41, 5.74) is 1.38. The molecule has 1 atom stereocenters. The molecule has 2 aromatic rings. The van der Waals surface area contributed by atoms with Crippen molar-refractivity contribution in [3.8, 4) is 0 Å². The number of nitrogens with zero attached hydrogens (tertiary/aromatic N) is 4. The molecular formula is C15H19BrN4S. The van der Waals surface area contributed by atoms with Crippen molar-refractivity contribution >= 4 is 27.3 Å². The zero-order valence-corrected chi connectivity index (χ0v) is 14.4. The summed E-state index contributed by atoms with van der Waals surface area (Å²) in [5, 5.41) is 5.73. The van der Waals surface area contributed by atoms with Gasteiger partial charge in [-0.05, 0) is 48.0 Å². The van der Waals surface area contributed by atoms with Gasteiger partial charge in [-0.2, -0.15) is 5.10 Å². The molecule has 112 valence electrons. The van der Waals surface area contributed by atoms with Crippen LogP contribution in [0, 0.1) is 0 Å². The van der Waals surface area contributed by atoms with Crippen LogP contribution in [0.1, 0.15) is 40.9 Å². The van der Waals surface area contributed by atoms with Gasteiger partial charge in [-0.25, -0.2) is 4.98 Å². The SMILES string of the molecule is Brc1cnn(C2CCN(Cc3nc4c(s3)CCCC4)C2)c1. The minimum absolute atomic E-state index is 0.505. The molecule has 0 saturated carbocycles. The lowest BCUT2D eigenvalue weighted by molar-refractivity contribution is 0.311. The van der Waals surface area contributed by atoms with Crippen LogP contribution in [0.4, 0.5) is 0 Å². The second kappa shape index (κ2) is 5.82. The highest BCUT2D eigenvalue weighted by Crippen LogP contribution is 2.29. The number of aryl methyl sites for hydroxylation is 2. The minimum atomic E-state index is 0.505. The van der Waals surface area contributed by atoms with Gasteiger partial charge in [0.2, 0.25) is 0 Å². The summed E-state index contributed by atoms with van der Waals surface area (Å²) in [7, 11) is 0. The number of thiazole rings is 1.